The Labute approximate surface area is 133 Å². The van der Waals surface area contributed by atoms with Gasteiger partial charge in [-0.05, 0) is 38.3 Å². The number of hydrogen-bond donors (Lipinski definition) is 0. The molecular weight excluding hydrogens is 296 g/mol. The molecular formula is C17H20N2O4. The Bertz CT molecular complexity index is 803. The molecule has 0 N–H and O–H groups in total. The summed E-state index contributed by atoms with van der Waals surface area (Å²) in [6, 6.07) is 7.35. The quantitative estimate of drug-likeness (QED) is 0.808. The minimum atomic E-state index is -0.647. The largest absolute Gasteiger partial charge is 0.453 e. The van der Waals surface area contributed by atoms with Crippen LogP contribution in [0.5, 0.6) is 0 Å². The number of Topliss-reactive ketones (excluding diaryl/α,β-unsaturated/α-hetero) is 1. The predicted molar refractivity (Wildman–Crippen MR) is 85.2 cm³/mol. The van der Waals surface area contributed by atoms with Crippen molar-refractivity contribution >= 4 is 22.8 Å². The molecule has 6 nitrogen and oxygen atoms in total. The number of fused-ring (bicyclic) bond motifs is 1. The van der Waals surface area contributed by atoms with E-state index < -0.39 is 12.1 Å². The number of aromatic nitrogens is 2. The van der Waals surface area contributed by atoms with E-state index in [1.54, 1.807) is 4.57 Å². The number of ether oxygens (including phenoxy) is 1. The average molecular weight is 316 g/mol. The summed E-state index contributed by atoms with van der Waals surface area (Å²) in [5.41, 5.74) is 1.26. The van der Waals surface area contributed by atoms with Crippen LogP contribution >= 0.6 is 0 Å². The van der Waals surface area contributed by atoms with Crippen LogP contribution in [0.25, 0.3) is 11.0 Å². The minimum absolute atomic E-state index is 0.0204. The highest BCUT2D eigenvalue weighted by molar-refractivity contribution is 5.86. The van der Waals surface area contributed by atoms with Crippen LogP contribution in [0.4, 0.5) is 0 Å². The van der Waals surface area contributed by atoms with Crippen LogP contribution in [0.15, 0.2) is 29.1 Å². The Morgan fingerprint density at radius 3 is 2.52 bits per heavy atom. The van der Waals surface area contributed by atoms with Crippen molar-refractivity contribution in [3.8, 4) is 0 Å². The molecule has 1 saturated carbocycles. The maximum absolute atomic E-state index is 12.5. The van der Waals surface area contributed by atoms with Gasteiger partial charge in [-0.25, -0.2) is 4.79 Å². The van der Waals surface area contributed by atoms with E-state index in [0.717, 1.165) is 18.4 Å². The molecule has 6 heteroatoms. The fraction of sp³-hybridized carbons (Fsp3) is 0.471. The van der Waals surface area contributed by atoms with Crippen LogP contribution in [-0.4, -0.2) is 27.0 Å². The molecule has 1 aromatic carbocycles. The van der Waals surface area contributed by atoms with E-state index in [9.17, 15) is 14.4 Å². The fourth-order valence-corrected chi connectivity index (χ4v) is 3.13. The summed E-state index contributed by atoms with van der Waals surface area (Å²) in [6.45, 7) is 2.25. The van der Waals surface area contributed by atoms with Crippen LogP contribution in [0, 0.1) is 0 Å². The first-order valence-electron chi connectivity index (χ1n) is 8.02. The van der Waals surface area contributed by atoms with Crippen molar-refractivity contribution in [1.82, 2.24) is 9.13 Å². The molecule has 1 fully saturated rings. The van der Waals surface area contributed by atoms with Crippen molar-refractivity contribution in [2.45, 2.75) is 51.8 Å². The molecule has 0 aliphatic heterocycles. The van der Waals surface area contributed by atoms with Gasteiger partial charge in [0.1, 0.15) is 6.54 Å². The first-order valence-corrected chi connectivity index (χ1v) is 8.02. The number of carbonyl (C=O) groups is 2. The van der Waals surface area contributed by atoms with Gasteiger partial charge in [0.15, 0.2) is 11.9 Å². The Balaban J connectivity index is 1.84. The summed E-state index contributed by atoms with van der Waals surface area (Å²) in [6.07, 6.45) is 2.14. The zero-order chi connectivity index (χ0) is 16.4. The molecule has 0 unspecified atom stereocenters. The molecule has 0 bridgehead atoms. The molecule has 2 aromatic rings. The molecule has 1 atom stereocenters. The van der Waals surface area contributed by atoms with Crippen LogP contribution in [-0.2, 0) is 27.4 Å². The Morgan fingerprint density at radius 1 is 1.17 bits per heavy atom. The zero-order valence-electron chi connectivity index (χ0n) is 13.2. The molecule has 1 aliphatic carbocycles. The van der Waals surface area contributed by atoms with E-state index in [1.807, 2.05) is 31.2 Å². The third-order valence-electron chi connectivity index (χ3n) is 4.30. The second kappa shape index (κ2) is 6.40. The van der Waals surface area contributed by atoms with Crippen molar-refractivity contribution in [2.75, 3.05) is 0 Å². The van der Waals surface area contributed by atoms with Gasteiger partial charge in [0, 0.05) is 13.0 Å². The van der Waals surface area contributed by atoms with Crippen molar-refractivity contribution < 1.29 is 14.3 Å². The number of nitrogens with zero attached hydrogens (tertiary/aromatic N) is 2. The summed E-state index contributed by atoms with van der Waals surface area (Å²) < 4.78 is 8.33. The molecule has 0 saturated heterocycles. The van der Waals surface area contributed by atoms with Crippen LogP contribution in [0.3, 0.4) is 0 Å². The van der Waals surface area contributed by atoms with Crippen molar-refractivity contribution in [1.29, 1.82) is 0 Å². The molecule has 0 radical (unpaired) electrons. The second-order valence-corrected chi connectivity index (χ2v) is 5.79. The highest BCUT2D eigenvalue weighted by Gasteiger charge is 2.26. The number of hydrogen-bond acceptors (Lipinski definition) is 4. The first kappa shape index (κ1) is 15.5. The van der Waals surface area contributed by atoms with Gasteiger partial charge in [-0.15, -0.1) is 0 Å². The normalized spacial score (nSPS) is 18.3. The number of rotatable bonds is 4. The summed E-state index contributed by atoms with van der Waals surface area (Å²) in [7, 11) is 0. The van der Waals surface area contributed by atoms with Crippen LogP contribution in [0.1, 0.15) is 32.6 Å². The molecule has 1 aromatic heterocycles. The third-order valence-corrected chi connectivity index (χ3v) is 4.30. The topological polar surface area (TPSA) is 70.3 Å². The van der Waals surface area contributed by atoms with Gasteiger partial charge in [-0.3, -0.25) is 18.7 Å². The number of benzene rings is 1. The first-order chi connectivity index (χ1) is 11.1. The average Bonchev–Trinajstić information content (AvgIpc) is 2.81. The number of imidazole rings is 1. The van der Waals surface area contributed by atoms with Crippen LogP contribution in [0.2, 0.25) is 0 Å². The SMILES string of the molecule is CCn1c(=O)n(CC(=O)O[C@H]2CCCCC2=O)c2ccccc21. The second-order valence-electron chi connectivity index (χ2n) is 5.79. The summed E-state index contributed by atoms with van der Waals surface area (Å²) >= 11 is 0. The Hall–Kier alpha value is -2.37. The molecule has 3 rings (SSSR count). The van der Waals surface area contributed by atoms with Gasteiger partial charge < -0.3 is 4.74 Å². The van der Waals surface area contributed by atoms with Crippen molar-refractivity contribution in [3.05, 3.63) is 34.7 Å². The standard InChI is InChI=1S/C17H20N2O4/c1-2-18-12-7-3-4-8-13(12)19(17(18)22)11-16(21)23-15-10-6-5-9-14(15)20/h3-4,7-8,15H,2,5-6,9-11H2,1H3/t15-/m0/s1. The number of para-hydroxylation sites is 2. The van der Waals surface area contributed by atoms with Gasteiger partial charge in [-0.2, -0.15) is 0 Å². The van der Waals surface area contributed by atoms with E-state index in [-0.39, 0.29) is 18.0 Å². The minimum Gasteiger partial charge on any atom is -0.453 e. The number of carbonyl (C=O) groups excluding carboxylic acids is 2. The number of aryl methyl sites for hydroxylation is 1. The highest BCUT2D eigenvalue weighted by atomic mass is 16.5. The van der Waals surface area contributed by atoms with E-state index in [2.05, 4.69) is 0 Å². The van der Waals surface area contributed by atoms with Crippen molar-refractivity contribution in [2.24, 2.45) is 0 Å². The molecule has 1 aliphatic rings. The van der Waals surface area contributed by atoms with Gasteiger partial charge in [-0.1, -0.05) is 12.1 Å². The highest BCUT2D eigenvalue weighted by Crippen LogP contribution is 2.18. The predicted octanol–water partition coefficient (Wildman–Crippen LogP) is 1.88. The molecule has 0 amide bonds. The molecule has 122 valence electrons. The molecule has 23 heavy (non-hydrogen) atoms. The van der Waals surface area contributed by atoms with Gasteiger partial charge in [0.25, 0.3) is 0 Å². The maximum atomic E-state index is 12.5. The Kier molecular flexibility index (Phi) is 4.32. The molecule has 1 heterocycles. The number of esters is 1. The summed E-state index contributed by atoms with van der Waals surface area (Å²) in [5.74, 6) is -0.556. The van der Waals surface area contributed by atoms with E-state index in [4.69, 9.17) is 4.74 Å². The monoisotopic (exact) mass is 316 g/mol. The fourth-order valence-electron chi connectivity index (χ4n) is 3.13. The van der Waals surface area contributed by atoms with Crippen LogP contribution < -0.4 is 5.69 Å². The van der Waals surface area contributed by atoms with Crippen molar-refractivity contribution in [3.63, 3.8) is 0 Å². The third kappa shape index (κ3) is 2.93. The lowest BCUT2D eigenvalue weighted by molar-refractivity contribution is -0.157. The lowest BCUT2D eigenvalue weighted by Crippen LogP contribution is -2.33. The lowest BCUT2D eigenvalue weighted by Gasteiger charge is -2.20. The van der Waals surface area contributed by atoms with Gasteiger partial charge in [0.05, 0.1) is 11.0 Å². The summed E-state index contributed by atoms with van der Waals surface area (Å²) in [5, 5.41) is 0. The Morgan fingerprint density at radius 2 is 1.87 bits per heavy atom. The molecule has 0 spiro atoms. The lowest BCUT2D eigenvalue weighted by atomic mass is 9.96. The number of ketones is 1. The van der Waals surface area contributed by atoms with Gasteiger partial charge >= 0.3 is 11.7 Å². The summed E-state index contributed by atoms with van der Waals surface area (Å²) in [4.78, 5) is 36.4. The van der Waals surface area contributed by atoms with E-state index >= 15 is 0 Å². The van der Waals surface area contributed by atoms with E-state index in [1.165, 1.54) is 4.57 Å². The van der Waals surface area contributed by atoms with Gasteiger partial charge in [0.2, 0.25) is 0 Å². The smallest absolute Gasteiger partial charge is 0.329 e. The maximum Gasteiger partial charge on any atom is 0.329 e. The van der Waals surface area contributed by atoms with E-state index in [0.29, 0.717) is 24.9 Å². The zero-order valence-corrected chi connectivity index (χ0v) is 13.2.